The number of unbranched alkanes of at least 4 members (excludes halogenated alkanes) is 1. The molecule has 2 aromatic carbocycles. The Hall–Kier alpha value is -3.23. The van der Waals surface area contributed by atoms with Gasteiger partial charge in [0.1, 0.15) is 11.8 Å². The van der Waals surface area contributed by atoms with Crippen molar-refractivity contribution in [2.24, 2.45) is 0 Å². The highest BCUT2D eigenvalue weighted by atomic mass is 16.5. The molecule has 0 aromatic heterocycles. The highest BCUT2D eigenvalue weighted by Gasteiger charge is 2.40. The fraction of sp³-hybridized carbons (Fsp3) is 0.483. The van der Waals surface area contributed by atoms with Crippen molar-refractivity contribution >= 4 is 17.7 Å². The molecule has 3 aliphatic heterocycles. The van der Waals surface area contributed by atoms with Crippen LogP contribution in [0.4, 0.5) is 0 Å². The fourth-order valence-electron chi connectivity index (χ4n) is 5.54. The fourth-order valence-corrected chi connectivity index (χ4v) is 5.54. The Balaban J connectivity index is 1.07. The van der Waals surface area contributed by atoms with Gasteiger partial charge in [-0.25, -0.2) is 0 Å². The lowest BCUT2D eigenvalue weighted by Crippen LogP contribution is -2.52. The summed E-state index contributed by atoms with van der Waals surface area (Å²) in [5, 5.41) is 2.35. The van der Waals surface area contributed by atoms with E-state index in [0.29, 0.717) is 37.5 Å². The quantitative estimate of drug-likeness (QED) is 0.371. The van der Waals surface area contributed by atoms with Crippen molar-refractivity contribution < 1.29 is 23.9 Å². The lowest BCUT2D eigenvalue weighted by atomic mass is 10.0. The van der Waals surface area contributed by atoms with E-state index < -0.39 is 11.9 Å². The van der Waals surface area contributed by atoms with Crippen LogP contribution < -0.4 is 10.1 Å². The molecule has 5 rings (SSSR count). The topological polar surface area (TPSA) is 88.2 Å². The van der Waals surface area contributed by atoms with Crippen molar-refractivity contribution in [1.29, 1.82) is 0 Å². The maximum Gasteiger partial charge on any atom is 0.255 e. The number of hydrogen-bond donors (Lipinski definition) is 1. The molecule has 1 unspecified atom stereocenters. The van der Waals surface area contributed by atoms with E-state index in [1.807, 2.05) is 12.1 Å². The summed E-state index contributed by atoms with van der Waals surface area (Å²) in [7, 11) is 0. The van der Waals surface area contributed by atoms with Gasteiger partial charge in [-0.2, -0.15) is 0 Å². The number of rotatable bonds is 11. The van der Waals surface area contributed by atoms with Gasteiger partial charge in [0.25, 0.3) is 5.91 Å². The van der Waals surface area contributed by atoms with Gasteiger partial charge in [0.15, 0.2) is 0 Å². The minimum Gasteiger partial charge on any atom is -0.493 e. The van der Waals surface area contributed by atoms with Crippen molar-refractivity contribution in [1.82, 2.24) is 15.1 Å². The standard InChI is InChI=1S/C29H35N3O5/c1-2-31(16-14-26-21-9-4-3-8-20(21)19-37-26)15-5-6-17-36-25-11-7-10-22-23(25)18-32(29(22)35)24-12-13-27(33)30-28(24)34/h3-4,7-11,24,26H,2,5-6,12-19H2,1H3,(H,30,33,34)/t24?,26-/m1/s1. The van der Waals surface area contributed by atoms with Crippen LogP contribution in [0.15, 0.2) is 42.5 Å². The van der Waals surface area contributed by atoms with Crippen molar-refractivity contribution in [2.75, 3.05) is 26.2 Å². The van der Waals surface area contributed by atoms with Crippen LogP contribution in [0.1, 0.15) is 72.2 Å². The molecule has 0 aliphatic carbocycles. The third kappa shape index (κ3) is 5.55. The van der Waals surface area contributed by atoms with Gasteiger partial charge in [0.2, 0.25) is 11.8 Å². The molecule has 8 heteroatoms. The van der Waals surface area contributed by atoms with Crippen LogP contribution in [0.25, 0.3) is 0 Å². The second kappa shape index (κ2) is 11.4. The van der Waals surface area contributed by atoms with E-state index in [1.54, 1.807) is 11.0 Å². The zero-order chi connectivity index (χ0) is 25.8. The molecule has 1 N–H and O–H groups in total. The summed E-state index contributed by atoms with van der Waals surface area (Å²) in [6.07, 6.45) is 3.72. The van der Waals surface area contributed by atoms with E-state index in [0.717, 1.165) is 44.5 Å². The number of ether oxygens (including phenoxy) is 2. The summed E-state index contributed by atoms with van der Waals surface area (Å²) in [5.74, 6) is -0.162. The number of piperidine rings is 1. The van der Waals surface area contributed by atoms with Crippen LogP contribution in [0.3, 0.4) is 0 Å². The number of amides is 3. The van der Waals surface area contributed by atoms with E-state index in [1.165, 1.54) is 11.1 Å². The molecule has 3 amide bonds. The van der Waals surface area contributed by atoms with Gasteiger partial charge in [0, 0.05) is 24.1 Å². The molecule has 3 heterocycles. The number of imide groups is 1. The number of nitrogens with one attached hydrogen (secondary N) is 1. The normalized spacial score (nSPS) is 20.8. The third-order valence-electron chi connectivity index (χ3n) is 7.66. The van der Waals surface area contributed by atoms with Crippen LogP contribution >= 0.6 is 0 Å². The molecule has 2 aromatic rings. The lowest BCUT2D eigenvalue weighted by Gasteiger charge is -2.29. The highest BCUT2D eigenvalue weighted by molar-refractivity contribution is 6.05. The number of nitrogens with zero attached hydrogens (tertiary/aromatic N) is 2. The molecule has 0 radical (unpaired) electrons. The van der Waals surface area contributed by atoms with Gasteiger partial charge < -0.3 is 19.3 Å². The van der Waals surface area contributed by atoms with Gasteiger partial charge in [-0.15, -0.1) is 0 Å². The minimum absolute atomic E-state index is 0.178. The van der Waals surface area contributed by atoms with Gasteiger partial charge >= 0.3 is 0 Å². The van der Waals surface area contributed by atoms with Crippen molar-refractivity contribution in [2.45, 2.75) is 64.3 Å². The molecule has 1 fully saturated rings. The molecule has 0 bridgehead atoms. The first-order valence-electron chi connectivity index (χ1n) is 13.4. The van der Waals surface area contributed by atoms with E-state index in [9.17, 15) is 14.4 Å². The Bertz CT molecular complexity index is 1170. The summed E-state index contributed by atoms with van der Waals surface area (Å²) in [4.78, 5) is 40.8. The first-order valence-corrected chi connectivity index (χ1v) is 13.4. The van der Waals surface area contributed by atoms with Gasteiger partial charge in [-0.05, 0) is 62.0 Å². The number of carbonyl (C=O) groups is 3. The number of fused-ring (bicyclic) bond motifs is 2. The molecule has 0 saturated carbocycles. The molecule has 0 spiro atoms. The molecule has 8 nitrogen and oxygen atoms in total. The Labute approximate surface area is 217 Å². The molecular weight excluding hydrogens is 470 g/mol. The Kier molecular flexibility index (Phi) is 7.86. The summed E-state index contributed by atoms with van der Waals surface area (Å²) >= 11 is 0. The second-order valence-electron chi connectivity index (χ2n) is 9.96. The van der Waals surface area contributed by atoms with E-state index in [2.05, 4.69) is 41.4 Å². The van der Waals surface area contributed by atoms with Crippen LogP contribution in [-0.2, 0) is 27.5 Å². The smallest absolute Gasteiger partial charge is 0.255 e. The summed E-state index contributed by atoms with van der Waals surface area (Å²) < 4.78 is 12.1. The highest BCUT2D eigenvalue weighted by Crippen LogP contribution is 2.34. The number of benzene rings is 2. The number of carbonyl (C=O) groups excluding carboxylic acids is 3. The SMILES string of the molecule is CCN(CCCCOc1cccc2c1CN(C1CCC(=O)NC1=O)C2=O)CC[C@H]1OCc2ccccc21. The zero-order valence-corrected chi connectivity index (χ0v) is 21.4. The van der Waals surface area contributed by atoms with Crippen molar-refractivity contribution in [3.63, 3.8) is 0 Å². The number of hydrogen-bond acceptors (Lipinski definition) is 6. The maximum absolute atomic E-state index is 13.0. The van der Waals surface area contributed by atoms with E-state index in [4.69, 9.17) is 9.47 Å². The Morgan fingerprint density at radius 1 is 1.08 bits per heavy atom. The van der Waals surface area contributed by atoms with Crippen LogP contribution in [0.5, 0.6) is 5.75 Å². The average Bonchev–Trinajstić information content (AvgIpc) is 3.47. The molecule has 2 atom stereocenters. The predicted molar refractivity (Wildman–Crippen MR) is 138 cm³/mol. The monoisotopic (exact) mass is 505 g/mol. The van der Waals surface area contributed by atoms with Crippen LogP contribution in [0, 0.1) is 0 Å². The van der Waals surface area contributed by atoms with Gasteiger partial charge in [0.05, 0.1) is 25.9 Å². The zero-order valence-electron chi connectivity index (χ0n) is 21.4. The van der Waals surface area contributed by atoms with Crippen LogP contribution in [0.2, 0.25) is 0 Å². The Morgan fingerprint density at radius 3 is 2.78 bits per heavy atom. The molecule has 37 heavy (non-hydrogen) atoms. The lowest BCUT2D eigenvalue weighted by molar-refractivity contribution is -0.136. The van der Waals surface area contributed by atoms with E-state index >= 15 is 0 Å². The first kappa shape index (κ1) is 25.4. The second-order valence-corrected chi connectivity index (χ2v) is 9.96. The minimum atomic E-state index is -0.617. The van der Waals surface area contributed by atoms with Crippen molar-refractivity contribution in [3.8, 4) is 5.75 Å². The Morgan fingerprint density at radius 2 is 1.95 bits per heavy atom. The predicted octanol–water partition coefficient (Wildman–Crippen LogP) is 3.59. The maximum atomic E-state index is 13.0. The third-order valence-corrected chi connectivity index (χ3v) is 7.66. The van der Waals surface area contributed by atoms with Crippen LogP contribution in [-0.4, -0.2) is 59.8 Å². The van der Waals surface area contributed by atoms with Crippen molar-refractivity contribution in [3.05, 3.63) is 64.7 Å². The van der Waals surface area contributed by atoms with E-state index in [-0.39, 0.29) is 24.3 Å². The largest absolute Gasteiger partial charge is 0.493 e. The summed E-state index contributed by atoms with van der Waals surface area (Å²) in [6.45, 7) is 6.80. The summed E-state index contributed by atoms with van der Waals surface area (Å²) in [5.41, 5.74) is 4.04. The van der Waals surface area contributed by atoms with Gasteiger partial charge in [-0.3, -0.25) is 19.7 Å². The molecule has 196 valence electrons. The molecule has 3 aliphatic rings. The summed E-state index contributed by atoms with van der Waals surface area (Å²) in [6, 6.07) is 13.4. The molecular formula is C29H35N3O5. The first-order chi connectivity index (χ1) is 18.0. The van der Waals surface area contributed by atoms with Gasteiger partial charge in [-0.1, -0.05) is 37.3 Å². The molecule has 1 saturated heterocycles. The average molecular weight is 506 g/mol.